The molecule has 3 heterocycles. The maximum absolute atomic E-state index is 13.3. The van der Waals surface area contributed by atoms with Crippen LogP contribution in [0.25, 0.3) is 5.69 Å². The van der Waals surface area contributed by atoms with Crippen molar-refractivity contribution in [1.82, 2.24) is 24.6 Å². The third kappa shape index (κ3) is 4.02. The second-order valence-corrected chi connectivity index (χ2v) is 7.34. The summed E-state index contributed by atoms with van der Waals surface area (Å²) < 4.78 is 7.22. The average molecular weight is 371 g/mol. The minimum absolute atomic E-state index is 0.133. The van der Waals surface area contributed by atoms with Gasteiger partial charge in [0, 0.05) is 13.1 Å². The summed E-state index contributed by atoms with van der Waals surface area (Å²) in [6.45, 7) is 3.89. The average Bonchev–Trinajstić information content (AvgIpc) is 3.34. The number of carbonyl (C=O) groups is 1. The van der Waals surface area contributed by atoms with Gasteiger partial charge in [0.15, 0.2) is 0 Å². The fourth-order valence-corrected chi connectivity index (χ4v) is 3.90. The number of aliphatic hydroxyl groups is 1. The van der Waals surface area contributed by atoms with Crippen molar-refractivity contribution in [3.05, 3.63) is 42.5 Å². The highest BCUT2D eigenvalue weighted by molar-refractivity contribution is 5.97. The van der Waals surface area contributed by atoms with Crippen LogP contribution in [0, 0.1) is 0 Å². The van der Waals surface area contributed by atoms with E-state index in [1.54, 1.807) is 22.0 Å². The van der Waals surface area contributed by atoms with Gasteiger partial charge in [0.2, 0.25) is 0 Å². The van der Waals surface area contributed by atoms with Gasteiger partial charge in [-0.05, 0) is 38.1 Å². The Bertz CT molecular complexity index is 775. The minimum Gasteiger partial charge on any atom is -0.384 e. The summed E-state index contributed by atoms with van der Waals surface area (Å²) in [6.07, 6.45) is 5.33. The molecule has 2 fully saturated rings. The number of nitrogens with zero attached hydrogens (tertiary/aromatic N) is 5. The van der Waals surface area contributed by atoms with Gasteiger partial charge >= 0.3 is 0 Å². The number of ether oxygens (including phenoxy) is 1. The molecule has 8 heteroatoms. The molecule has 1 unspecified atom stereocenters. The molecule has 0 aliphatic carbocycles. The summed E-state index contributed by atoms with van der Waals surface area (Å²) in [5, 5.41) is 15.3. The number of carbonyl (C=O) groups excluding carboxylic acids is 1. The smallest absolute Gasteiger partial charge is 0.256 e. The normalized spacial score (nSPS) is 24.1. The highest BCUT2D eigenvalue weighted by Crippen LogP contribution is 2.21. The molecule has 27 heavy (non-hydrogen) atoms. The van der Waals surface area contributed by atoms with Crippen molar-refractivity contribution < 1.29 is 14.6 Å². The van der Waals surface area contributed by atoms with Gasteiger partial charge < -0.3 is 19.6 Å². The maximum Gasteiger partial charge on any atom is 0.256 e. The lowest BCUT2D eigenvalue weighted by atomic mass is 10.0. The molecule has 2 aromatic rings. The van der Waals surface area contributed by atoms with E-state index in [1.165, 1.54) is 6.33 Å². The lowest BCUT2D eigenvalue weighted by molar-refractivity contribution is -0.0524. The fourth-order valence-electron chi connectivity index (χ4n) is 3.90. The monoisotopic (exact) mass is 371 g/mol. The van der Waals surface area contributed by atoms with Gasteiger partial charge in [0.05, 0.1) is 31.0 Å². The molecule has 4 rings (SSSR count). The summed E-state index contributed by atoms with van der Waals surface area (Å²) in [7, 11) is 0. The predicted octanol–water partition coefficient (Wildman–Crippen LogP) is 0.567. The third-order valence-corrected chi connectivity index (χ3v) is 5.17. The number of β-amino-alcohol motifs (C(OH)–C–C–N with tert-alkyl or cyclic N) is 1. The zero-order valence-corrected chi connectivity index (χ0v) is 15.3. The fraction of sp³-hybridized carbons (Fsp3) is 0.526. The van der Waals surface area contributed by atoms with E-state index in [4.69, 9.17) is 4.74 Å². The third-order valence-electron chi connectivity index (χ3n) is 5.17. The number of aromatic nitrogens is 3. The van der Waals surface area contributed by atoms with Crippen LogP contribution in [-0.2, 0) is 4.74 Å². The molecule has 1 aromatic carbocycles. The molecule has 1 N–H and O–H groups in total. The summed E-state index contributed by atoms with van der Waals surface area (Å²) in [5.74, 6) is -0.133. The van der Waals surface area contributed by atoms with Gasteiger partial charge in [-0.1, -0.05) is 12.1 Å². The van der Waals surface area contributed by atoms with Gasteiger partial charge in [-0.2, -0.15) is 5.10 Å². The van der Waals surface area contributed by atoms with Crippen LogP contribution in [0.1, 0.15) is 23.2 Å². The summed E-state index contributed by atoms with van der Waals surface area (Å²) in [4.78, 5) is 21.2. The summed E-state index contributed by atoms with van der Waals surface area (Å²) in [5.41, 5.74) is 0.153. The molecule has 0 saturated carbocycles. The molecule has 2 aliphatic rings. The number of benzene rings is 1. The maximum atomic E-state index is 13.3. The van der Waals surface area contributed by atoms with E-state index in [9.17, 15) is 9.90 Å². The zero-order chi connectivity index (χ0) is 18.7. The van der Waals surface area contributed by atoms with Gasteiger partial charge in [-0.15, -0.1) is 0 Å². The van der Waals surface area contributed by atoms with E-state index in [-0.39, 0.29) is 19.1 Å². The Morgan fingerprint density at radius 2 is 2.04 bits per heavy atom. The van der Waals surface area contributed by atoms with E-state index in [2.05, 4.69) is 15.0 Å². The first kappa shape index (κ1) is 18.1. The number of hydrogen-bond acceptors (Lipinski definition) is 6. The molecule has 0 radical (unpaired) electrons. The number of amides is 1. The van der Waals surface area contributed by atoms with Crippen LogP contribution in [0.5, 0.6) is 0 Å². The molecule has 2 saturated heterocycles. The van der Waals surface area contributed by atoms with Crippen molar-refractivity contribution in [3.63, 3.8) is 0 Å². The quantitative estimate of drug-likeness (QED) is 0.846. The Labute approximate surface area is 158 Å². The molecule has 0 spiro atoms. The van der Waals surface area contributed by atoms with Crippen LogP contribution in [0.3, 0.4) is 0 Å². The lowest BCUT2D eigenvalue weighted by Crippen LogP contribution is -2.53. The number of likely N-dealkylation sites (tertiary alicyclic amines) is 1. The van der Waals surface area contributed by atoms with E-state index < -0.39 is 5.60 Å². The second kappa shape index (κ2) is 7.75. The van der Waals surface area contributed by atoms with Crippen molar-refractivity contribution in [2.45, 2.75) is 18.4 Å². The van der Waals surface area contributed by atoms with E-state index >= 15 is 0 Å². The minimum atomic E-state index is -1.06. The van der Waals surface area contributed by atoms with Crippen LogP contribution in [0.4, 0.5) is 0 Å². The van der Waals surface area contributed by atoms with Crippen molar-refractivity contribution in [3.8, 4) is 5.69 Å². The van der Waals surface area contributed by atoms with Crippen LogP contribution in [0.2, 0.25) is 0 Å². The topological polar surface area (TPSA) is 83.7 Å². The molecule has 1 amide bonds. The second-order valence-electron chi connectivity index (χ2n) is 7.34. The largest absolute Gasteiger partial charge is 0.384 e. The zero-order valence-electron chi connectivity index (χ0n) is 15.3. The van der Waals surface area contributed by atoms with Gasteiger partial charge in [-0.3, -0.25) is 4.79 Å². The number of hydrogen-bond donors (Lipinski definition) is 1. The Balaban J connectivity index is 1.56. The van der Waals surface area contributed by atoms with Crippen molar-refractivity contribution >= 4 is 5.91 Å². The van der Waals surface area contributed by atoms with E-state index in [1.807, 2.05) is 18.2 Å². The van der Waals surface area contributed by atoms with Crippen LogP contribution < -0.4 is 0 Å². The van der Waals surface area contributed by atoms with Crippen LogP contribution in [0.15, 0.2) is 36.9 Å². The first-order valence-electron chi connectivity index (χ1n) is 9.40. The highest BCUT2D eigenvalue weighted by Gasteiger charge is 2.37. The Morgan fingerprint density at radius 3 is 2.81 bits per heavy atom. The molecule has 1 atom stereocenters. The predicted molar refractivity (Wildman–Crippen MR) is 98.7 cm³/mol. The van der Waals surface area contributed by atoms with E-state index in [0.29, 0.717) is 30.9 Å². The molecule has 2 aliphatic heterocycles. The molecule has 8 nitrogen and oxygen atoms in total. The summed E-state index contributed by atoms with van der Waals surface area (Å²) >= 11 is 0. The highest BCUT2D eigenvalue weighted by atomic mass is 16.5. The number of para-hydroxylation sites is 1. The molecular formula is C19H25N5O3. The van der Waals surface area contributed by atoms with Gasteiger partial charge in [0.1, 0.15) is 18.3 Å². The number of rotatable bonds is 4. The Hall–Kier alpha value is -2.29. The molecule has 1 aromatic heterocycles. The SMILES string of the molecule is O=C(c1ccccc1-n1cncn1)N1CCOCC(O)(CN2CCCC2)C1. The van der Waals surface area contributed by atoms with Crippen molar-refractivity contribution in [1.29, 1.82) is 0 Å². The van der Waals surface area contributed by atoms with Crippen molar-refractivity contribution in [2.75, 3.05) is 45.9 Å². The Kier molecular flexibility index (Phi) is 5.20. The standard InChI is InChI=1S/C19H25N5O3/c25-18(16-5-1-2-6-17(16)24-15-20-14-21-24)23-9-10-27-13-19(26,12-23)11-22-7-3-4-8-22/h1-2,5-6,14-15,26H,3-4,7-13H2. The summed E-state index contributed by atoms with van der Waals surface area (Å²) in [6, 6.07) is 7.32. The van der Waals surface area contributed by atoms with Crippen molar-refractivity contribution in [2.24, 2.45) is 0 Å². The first-order chi connectivity index (χ1) is 13.1. The van der Waals surface area contributed by atoms with Gasteiger partial charge in [-0.25, -0.2) is 9.67 Å². The van der Waals surface area contributed by atoms with Crippen LogP contribution in [-0.4, -0.2) is 87.1 Å². The molecule has 144 valence electrons. The molecular weight excluding hydrogens is 346 g/mol. The first-order valence-corrected chi connectivity index (χ1v) is 9.40. The lowest BCUT2D eigenvalue weighted by Gasteiger charge is -2.34. The molecule has 0 bridgehead atoms. The van der Waals surface area contributed by atoms with Gasteiger partial charge in [0.25, 0.3) is 5.91 Å². The van der Waals surface area contributed by atoms with Crippen LogP contribution >= 0.6 is 0 Å². The van der Waals surface area contributed by atoms with E-state index in [0.717, 1.165) is 25.9 Å². The Morgan fingerprint density at radius 1 is 1.22 bits per heavy atom.